The van der Waals surface area contributed by atoms with Crippen LogP contribution in [0.25, 0.3) is 0 Å². The summed E-state index contributed by atoms with van der Waals surface area (Å²) in [5, 5.41) is 2.58. The monoisotopic (exact) mass is 450 g/mol. The van der Waals surface area contributed by atoms with Gasteiger partial charge in [-0.15, -0.1) is 0 Å². The Morgan fingerprint density at radius 2 is 1.26 bits per heavy atom. The van der Waals surface area contributed by atoms with Crippen molar-refractivity contribution in [2.75, 3.05) is 20.8 Å². The van der Waals surface area contributed by atoms with Crippen molar-refractivity contribution in [3.05, 3.63) is 59.7 Å². The van der Waals surface area contributed by atoms with Gasteiger partial charge in [0.15, 0.2) is 0 Å². The van der Waals surface area contributed by atoms with Gasteiger partial charge in [0, 0.05) is 12.1 Å². The summed E-state index contributed by atoms with van der Waals surface area (Å²) in [5.74, 6) is -0.773. The predicted molar refractivity (Wildman–Crippen MR) is 100 cm³/mol. The van der Waals surface area contributed by atoms with Gasteiger partial charge in [0.25, 0.3) is 11.6 Å². The fourth-order valence-corrected chi connectivity index (χ4v) is 2.72. The summed E-state index contributed by atoms with van der Waals surface area (Å²) in [5.41, 5.74) is -4.55. The quantitative estimate of drug-likeness (QED) is 0.470. The van der Waals surface area contributed by atoms with Crippen LogP contribution in [0.15, 0.2) is 48.5 Å². The van der Waals surface area contributed by atoms with Crippen molar-refractivity contribution in [1.82, 2.24) is 10.6 Å². The molecule has 2 rings (SSSR count). The van der Waals surface area contributed by atoms with E-state index in [9.17, 15) is 31.1 Å². The molecule has 170 valence electrons. The molecule has 0 atom stereocenters. The molecule has 0 saturated heterocycles. The maximum Gasteiger partial charge on any atom is 0.434 e. The summed E-state index contributed by atoms with van der Waals surface area (Å²) in [6.45, 7) is -0.714. The largest absolute Gasteiger partial charge is 0.497 e. The van der Waals surface area contributed by atoms with Gasteiger partial charge in [0.1, 0.15) is 11.5 Å². The first-order valence-electron chi connectivity index (χ1n) is 8.91. The molecule has 0 aliphatic rings. The van der Waals surface area contributed by atoms with Crippen LogP contribution < -0.4 is 20.1 Å². The number of benzene rings is 2. The Balaban J connectivity index is 2.25. The van der Waals surface area contributed by atoms with Crippen LogP contribution in [0.1, 0.15) is 15.9 Å². The topological polar surface area (TPSA) is 59.6 Å². The lowest BCUT2D eigenvalue weighted by Crippen LogP contribution is -2.75. The average Bonchev–Trinajstić information content (AvgIpc) is 2.71. The molecule has 0 fully saturated rings. The first-order chi connectivity index (χ1) is 14.4. The number of halogens is 6. The van der Waals surface area contributed by atoms with E-state index in [-0.39, 0.29) is 12.2 Å². The molecule has 0 radical (unpaired) electrons. The number of carbonyl (C=O) groups excluding carboxylic acids is 1. The fourth-order valence-electron chi connectivity index (χ4n) is 2.72. The highest BCUT2D eigenvalue weighted by Crippen LogP contribution is 2.41. The molecular formula is C20H20F6N2O3. The first-order valence-corrected chi connectivity index (χ1v) is 8.91. The molecule has 31 heavy (non-hydrogen) atoms. The molecular weight excluding hydrogens is 430 g/mol. The molecule has 0 unspecified atom stereocenters. The van der Waals surface area contributed by atoms with E-state index < -0.39 is 36.0 Å². The van der Waals surface area contributed by atoms with E-state index in [1.54, 1.807) is 0 Å². The second-order valence-electron chi connectivity index (χ2n) is 6.45. The van der Waals surface area contributed by atoms with Crippen LogP contribution in [0.5, 0.6) is 11.5 Å². The number of hydrogen-bond donors (Lipinski definition) is 2. The highest BCUT2D eigenvalue weighted by molar-refractivity contribution is 5.95. The third-order valence-electron chi connectivity index (χ3n) is 4.47. The minimum Gasteiger partial charge on any atom is -0.497 e. The maximum atomic E-state index is 13.7. The summed E-state index contributed by atoms with van der Waals surface area (Å²) in [7, 11) is 2.74. The number of methoxy groups -OCH3 is 2. The van der Waals surface area contributed by atoms with E-state index in [0.717, 1.165) is 17.4 Å². The van der Waals surface area contributed by atoms with Gasteiger partial charge >= 0.3 is 12.4 Å². The van der Waals surface area contributed by atoms with Crippen LogP contribution >= 0.6 is 0 Å². The Labute approximate surface area is 174 Å². The van der Waals surface area contributed by atoms with Gasteiger partial charge in [0.2, 0.25) is 0 Å². The first kappa shape index (κ1) is 24.3. The van der Waals surface area contributed by atoms with Crippen LogP contribution in [0, 0.1) is 0 Å². The number of ether oxygens (including phenoxy) is 2. The molecule has 5 nitrogen and oxygen atoms in total. The van der Waals surface area contributed by atoms with Crippen LogP contribution in [0.3, 0.4) is 0 Å². The van der Waals surface area contributed by atoms with Gasteiger partial charge in [-0.25, -0.2) is 0 Å². The average molecular weight is 450 g/mol. The van der Waals surface area contributed by atoms with Gasteiger partial charge in [-0.05, 0) is 48.4 Å². The summed E-state index contributed by atoms with van der Waals surface area (Å²) < 4.78 is 91.7. The second-order valence-corrected chi connectivity index (χ2v) is 6.45. The van der Waals surface area contributed by atoms with Crippen molar-refractivity contribution < 1.29 is 40.6 Å². The van der Waals surface area contributed by atoms with Gasteiger partial charge in [0.05, 0.1) is 14.2 Å². The van der Waals surface area contributed by atoms with Crippen LogP contribution in [-0.4, -0.2) is 44.7 Å². The molecule has 0 heterocycles. The molecule has 0 bridgehead atoms. The molecule has 0 aromatic heterocycles. The Hall–Kier alpha value is -2.95. The summed E-state index contributed by atoms with van der Waals surface area (Å²) in [6, 6.07) is 10.7. The summed E-state index contributed by atoms with van der Waals surface area (Å²) >= 11 is 0. The summed E-state index contributed by atoms with van der Waals surface area (Å²) in [6.07, 6.45) is -11.9. The lowest BCUT2D eigenvalue weighted by Gasteiger charge is -2.38. The number of carbonyl (C=O) groups is 1. The predicted octanol–water partition coefficient (Wildman–Crippen LogP) is 4.09. The van der Waals surface area contributed by atoms with Crippen molar-refractivity contribution in [1.29, 1.82) is 0 Å². The molecule has 0 saturated carbocycles. The number of hydrogen-bond acceptors (Lipinski definition) is 4. The van der Waals surface area contributed by atoms with E-state index in [0.29, 0.717) is 11.3 Å². The van der Waals surface area contributed by atoms with Crippen molar-refractivity contribution in [3.63, 3.8) is 0 Å². The maximum absolute atomic E-state index is 13.7. The summed E-state index contributed by atoms with van der Waals surface area (Å²) in [4.78, 5) is 12.3. The van der Waals surface area contributed by atoms with Gasteiger partial charge < -0.3 is 14.8 Å². The molecule has 0 aliphatic carbocycles. The van der Waals surface area contributed by atoms with Crippen LogP contribution in [0.4, 0.5) is 26.3 Å². The molecule has 0 spiro atoms. The zero-order valence-corrected chi connectivity index (χ0v) is 16.5. The number of amides is 1. The van der Waals surface area contributed by atoms with Crippen LogP contribution in [0.2, 0.25) is 0 Å². The zero-order chi connectivity index (χ0) is 23.3. The Morgan fingerprint density at radius 3 is 1.68 bits per heavy atom. The molecule has 2 N–H and O–H groups in total. The lowest BCUT2D eigenvalue weighted by molar-refractivity contribution is -0.314. The van der Waals surface area contributed by atoms with Crippen molar-refractivity contribution in [2.24, 2.45) is 0 Å². The molecule has 2 aromatic rings. The fraction of sp³-hybridized carbons (Fsp3) is 0.350. The van der Waals surface area contributed by atoms with E-state index in [1.807, 2.05) is 0 Å². The molecule has 11 heteroatoms. The lowest BCUT2D eigenvalue weighted by atomic mass is 10.1. The Bertz CT molecular complexity index is 850. The Kier molecular flexibility index (Phi) is 7.42. The third kappa shape index (κ3) is 5.60. The smallest absolute Gasteiger partial charge is 0.434 e. The standard InChI is InChI=1S/C20H20F6N2O3/c1-30-15-7-3-13(4-8-15)11-12-27-18(19(21,22)23,20(24,25)26)28-17(29)14-5-9-16(31-2)10-6-14/h3-10,27H,11-12H2,1-2H3,(H,28,29). The number of nitrogens with one attached hydrogen (secondary N) is 2. The SMILES string of the molecule is COc1ccc(CCNC(NC(=O)c2ccc(OC)cc2)(C(F)(F)F)C(F)(F)F)cc1. The van der Waals surface area contributed by atoms with E-state index in [1.165, 1.54) is 55.9 Å². The van der Waals surface area contributed by atoms with Crippen LogP contribution in [-0.2, 0) is 6.42 Å². The van der Waals surface area contributed by atoms with E-state index in [2.05, 4.69) is 0 Å². The van der Waals surface area contributed by atoms with Gasteiger partial charge in [-0.2, -0.15) is 26.3 Å². The van der Waals surface area contributed by atoms with Crippen molar-refractivity contribution in [2.45, 2.75) is 24.4 Å². The van der Waals surface area contributed by atoms with Crippen molar-refractivity contribution >= 4 is 5.91 Å². The molecule has 2 aromatic carbocycles. The number of alkyl halides is 6. The second kappa shape index (κ2) is 9.46. The highest BCUT2D eigenvalue weighted by atomic mass is 19.4. The zero-order valence-electron chi connectivity index (χ0n) is 16.5. The van der Waals surface area contributed by atoms with E-state index >= 15 is 0 Å². The minimum absolute atomic E-state index is 0.156. The normalized spacial score (nSPS) is 12.4. The Morgan fingerprint density at radius 1 is 0.806 bits per heavy atom. The van der Waals surface area contributed by atoms with Gasteiger partial charge in [-0.1, -0.05) is 12.1 Å². The van der Waals surface area contributed by atoms with Gasteiger partial charge in [-0.3, -0.25) is 10.1 Å². The van der Waals surface area contributed by atoms with E-state index in [4.69, 9.17) is 9.47 Å². The number of rotatable bonds is 8. The molecule has 0 aliphatic heterocycles. The third-order valence-corrected chi connectivity index (χ3v) is 4.47. The van der Waals surface area contributed by atoms with Crippen molar-refractivity contribution in [3.8, 4) is 11.5 Å². The minimum atomic E-state index is -5.87. The molecule has 1 amide bonds. The highest BCUT2D eigenvalue weighted by Gasteiger charge is 2.72.